The zero-order valence-electron chi connectivity index (χ0n) is 19.5. The Balaban J connectivity index is 1.55. The van der Waals surface area contributed by atoms with Gasteiger partial charge in [-0.2, -0.15) is 0 Å². The molecule has 1 aliphatic heterocycles. The molecule has 8 heteroatoms. The van der Waals surface area contributed by atoms with Crippen LogP contribution >= 0.6 is 0 Å². The van der Waals surface area contributed by atoms with Crippen molar-refractivity contribution in [3.05, 3.63) is 65.9 Å². The third kappa shape index (κ3) is 5.39. The zero-order chi connectivity index (χ0) is 23.9. The van der Waals surface area contributed by atoms with Crippen molar-refractivity contribution in [1.29, 1.82) is 0 Å². The summed E-state index contributed by atoms with van der Waals surface area (Å²) < 4.78 is 16.2. The lowest BCUT2D eigenvalue weighted by Gasteiger charge is -2.23. The molecule has 0 N–H and O–H groups in total. The molecule has 0 spiro atoms. The molecule has 0 radical (unpaired) electrons. The normalized spacial score (nSPS) is 13.1. The summed E-state index contributed by atoms with van der Waals surface area (Å²) in [6.45, 7) is 2.26. The van der Waals surface area contributed by atoms with Gasteiger partial charge in [0.05, 0.1) is 19.8 Å². The number of rotatable bonds is 9. The Morgan fingerprint density at radius 1 is 1.03 bits per heavy atom. The lowest BCUT2D eigenvalue weighted by atomic mass is 10.1. The Morgan fingerprint density at radius 2 is 1.79 bits per heavy atom. The Kier molecular flexibility index (Phi) is 7.47. The van der Waals surface area contributed by atoms with E-state index >= 15 is 0 Å². The highest BCUT2D eigenvalue weighted by Crippen LogP contribution is 2.34. The van der Waals surface area contributed by atoms with Crippen molar-refractivity contribution in [3.63, 3.8) is 0 Å². The smallest absolute Gasteiger partial charge is 0.276 e. The summed E-state index contributed by atoms with van der Waals surface area (Å²) in [5.74, 6) is 1.38. The molecule has 34 heavy (non-hydrogen) atoms. The van der Waals surface area contributed by atoms with Crippen LogP contribution in [0, 0.1) is 0 Å². The molecule has 178 valence electrons. The minimum absolute atomic E-state index is 0.0744. The molecule has 2 aromatic carbocycles. The van der Waals surface area contributed by atoms with Gasteiger partial charge >= 0.3 is 0 Å². The lowest BCUT2D eigenvalue weighted by molar-refractivity contribution is -0.130. The van der Waals surface area contributed by atoms with Crippen LogP contribution in [-0.2, 0) is 11.3 Å². The lowest BCUT2D eigenvalue weighted by Crippen LogP contribution is -2.36. The van der Waals surface area contributed by atoms with Gasteiger partial charge in [0.15, 0.2) is 11.5 Å². The maximum atomic E-state index is 13.4. The quantitative estimate of drug-likeness (QED) is 0.477. The number of likely N-dealkylation sites (tertiary alicyclic amines) is 1. The SMILES string of the molecule is COc1ccc(OC)c(-c2cc(C(=O)N(CCC(=O)N3CCCC3)Cc3ccccc3)no2)c1. The van der Waals surface area contributed by atoms with Gasteiger partial charge in [-0.25, -0.2) is 0 Å². The molecule has 8 nitrogen and oxygen atoms in total. The van der Waals surface area contributed by atoms with Crippen molar-refractivity contribution < 1.29 is 23.6 Å². The maximum absolute atomic E-state index is 13.4. The average Bonchev–Trinajstić information content (AvgIpc) is 3.59. The van der Waals surface area contributed by atoms with Crippen LogP contribution in [0.5, 0.6) is 11.5 Å². The van der Waals surface area contributed by atoms with Gasteiger partial charge in [0, 0.05) is 38.7 Å². The molecule has 2 heterocycles. The van der Waals surface area contributed by atoms with E-state index in [4.69, 9.17) is 14.0 Å². The Bertz CT molecular complexity index is 1120. The predicted molar refractivity (Wildman–Crippen MR) is 127 cm³/mol. The fourth-order valence-electron chi connectivity index (χ4n) is 4.08. The monoisotopic (exact) mass is 463 g/mol. The van der Waals surface area contributed by atoms with Gasteiger partial charge in [-0.3, -0.25) is 9.59 Å². The van der Waals surface area contributed by atoms with Gasteiger partial charge in [-0.05, 0) is 36.6 Å². The summed E-state index contributed by atoms with van der Waals surface area (Å²) in [5, 5.41) is 4.03. The second kappa shape index (κ2) is 10.9. The van der Waals surface area contributed by atoms with E-state index in [1.54, 1.807) is 43.4 Å². The molecule has 1 aromatic heterocycles. The number of ether oxygens (including phenoxy) is 2. The Hall–Kier alpha value is -3.81. The number of methoxy groups -OCH3 is 2. The molecule has 3 aromatic rings. The van der Waals surface area contributed by atoms with E-state index in [0.717, 1.165) is 31.5 Å². The van der Waals surface area contributed by atoms with E-state index in [1.807, 2.05) is 35.2 Å². The summed E-state index contributed by atoms with van der Waals surface area (Å²) in [7, 11) is 3.14. The van der Waals surface area contributed by atoms with Crippen molar-refractivity contribution in [2.45, 2.75) is 25.8 Å². The summed E-state index contributed by atoms with van der Waals surface area (Å²) in [4.78, 5) is 29.6. The number of amides is 2. The van der Waals surface area contributed by atoms with E-state index in [1.165, 1.54) is 0 Å². The van der Waals surface area contributed by atoms with E-state index in [2.05, 4.69) is 5.16 Å². The first-order valence-electron chi connectivity index (χ1n) is 11.4. The highest BCUT2D eigenvalue weighted by molar-refractivity contribution is 5.93. The molecule has 1 fully saturated rings. The number of hydrogen-bond acceptors (Lipinski definition) is 6. The third-order valence-electron chi connectivity index (χ3n) is 5.96. The van der Waals surface area contributed by atoms with Crippen molar-refractivity contribution in [2.24, 2.45) is 0 Å². The van der Waals surface area contributed by atoms with Crippen LogP contribution in [0.25, 0.3) is 11.3 Å². The molecular weight excluding hydrogens is 434 g/mol. The molecule has 0 aliphatic carbocycles. The van der Waals surface area contributed by atoms with Crippen molar-refractivity contribution in [1.82, 2.24) is 15.0 Å². The number of aromatic nitrogens is 1. The number of nitrogens with zero attached hydrogens (tertiary/aromatic N) is 3. The molecule has 1 saturated heterocycles. The summed E-state index contributed by atoms with van der Waals surface area (Å²) in [6.07, 6.45) is 2.34. The van der Waals surface area contributed by atoms with Crippen molar-refractivity contribution in [3.8, 4) is 22.8 Å². The zero-order valence-corrected chi connectivity index (χ0v) is 19.5. The second-order valence-electron chi connectivity index (χ2n) is 8.19. The number of carbonyl (C=O) groups is 2. The molecule has 0 atom stereocenters. The van der Waals surface area contributed by atoms with E-state index in [9.17, 15) is 9.59 Å². The number of benzene rings is 2. The van der Waals surface area contributed by atoms with Crippen LogP contribution in [0.15, 0.2) is 59.1 Å². The number of carbonyl (C=O) groups excluding carboxylic acids is 2. The van der Waals surface area contributed by atoms with Crippen LogP contribution in [-0.4, -0.2) is 60.6 Å². The standard InChI is InChI=1S/C26H29N3O5/c1-32-20-10-11-23(33-2)21(16-20)24-17-22(27-34-24)26(31)29(18-19-8-4-3-5-9-19)15-12-25(30)28-13-6-7-14-28/h3-5,8-11,16-17H,6-7,12-15,18H2,1-2H3. The Morgan fingerprint density at radius 3 is 2.50 bits per heavy atom. The molecule has 0 saturated carbocycles. The van der Waals surface area contributed by atoms with Crippen LogP contribution in [0.1, 0.15) is 35.3 Å². The van der Waals surface area contributed by atoms with Gasteiger partial charge < -0.3 is 23.8 Å². The van der Waals surface area contributed by atoms with Crippen molar-refractivity contribution >= 4 is 11.8 Å². The molecule has 2 amide bonds. The first kappa shape index (κ1) is 23.4. The summed E-state index contributed by atoms with van der Waals surface area (Å²) in [6, 6.07) is 16.6. The van der Waals surface area contributed by atoms with Gasteiger partial charge in [0.2, 0.25) is 5.91 Å². The highest BCUT2D eigenvalue weighted by Gasteiger charge is 2.24. The van der Waals surface area contributed by atoms with E-state index < -0.39 is 0 Å². The molecule has 1 aliphatic rings. The van der Waals surface area contributed by atoms with E-state index in [0.29, 0.717) is 35.9 Å². The van der Waals surface area contributed by atoms with Crippen molar-refractivity contribution in [2.75, 3.05) is 33.9 Å². The van der Waals surface area contributed by atoms with Crippen LogP contribution in [0.4, 0.5) is 0 Å². The Labute approximate surface area is 199 Å². The molecular formula is C26H29N3O5. The maximum Gasteiger partial charge on any atom is 0.276 e. The van der Waals surface area contributed by atoms with Crippen LogP contribution < -0.4 is 9.47 Å². The first-order valence-corrected chi connectivity index (χ1v) is 11.4. The second-order valence-corrected chi connectivity index (χ2v) is 8.19. The average molecular weight is 464 g/mol. The molecule has 0 unspecified atom stereocenters. The molecule has 0 bridgehead atoms. The van der Waals surface area contributed by atoms with Gasteiger partial charge in [0.1, 0.15) is 11.5 Å². The van der Waals surface area contributed by atoms with E-state index in [-0.39, 0.29) is 23.9 Å². The highest BCUT2D eigenvalue weighted by atomic mass is 16.5. The predicted octanol–water partition coefficient (Wildman–Crippen LogP) is 4.01. The largest absolute Gasteiger partial charge is 0.497 e. The summed E-state index contributed by atoms with van der Waals surface area (Å²) >= 11 is 0. The minimum atomic E-state index is -0.296. The minimum Gasteiger partial charge on any atom is -0.497 e. The van der Waals surface area contributed by atoms with Crippen LogP contribution in [0.2, 0.25) is 0 Å². The number of hydrogen-bond donors (Lipinski definition) is 0. The van der Waals surface area contributed by atoms with Gasteiger partial charge in [0.25, 0.3) is 5.91 Å². The first-order chi connectivity index (χ1) is 16.6. The topological polar surface area (TPSA) is 85.1 Å². The molecule has 4 rings (SSSR count). The van der Waals surface area contributed by atoms with Gasteiger partial charge in [-0.15, -0.1) is 0 Å². The van der Waals surface area contributed by atoms with Crippen LogP contribution in [0.3, 0.4) is 0 Å². The van der Waals surface area contributed by atoms with Gasteiger partial charge in [-0.1, -0.05) is 35.5 Å². The fourth-order valence-corrected chi connectivity index (χ4v) is 4.08. The summed E-state index contributed by atoms with van der Waals surface area (Å²) in [5.41, 5.74) is 1.78. The third-order valence-corrected chi connectivity index (χ3v) is 5.96. The fraction of sp³-hybridized carbons (Fsp3) is 0.346.